The molecule has 2 unspecified atom stereocenters. The van der Waals surface area contributed by atoms with Crippen LogP contribution in [-0.4, -0.2) is 28.8 Å². The number of rotatable bonds is 4. The molecule has 2 atom stereocenters. The second-order valence-electron chi connectivity index (χ2n) is 5.84. The van der Waals surface area contributed by atoms with E-state index in [4.69, 9.17) is 0 Å². The summed E-state index contributed by atoms with van der Waals surface area (Å²) in [5, 5.41) is 2.92. The Morgan fingerprint density at radius 2 is 1.90 bits per heavy atom. The molecule has 3 rings (SSSR count). The summed E-state index contributed by atoms with van der Waals surface area (Å²) in [6, 6.07) is 7.24. The zero-order chi connectivity index (χ0) is 15.0. The molecule has 2 aliphatic rings. The largest absolute Gasteiger partial charge is 0.342 e. The number of hydrogen-bond donors (Lipinski definition) is 1. The number of carbonyl (C=O) groups is 2. The number of amides is 2. The number of nitrogens with one attached hydrogen (secondary N) is 1. The zero-order valence-electron chi connectivity index (χ0n) is 12.0. The van der Waals surface area contributed by atoms with Crippen molar-refractivity contribution in [2.24, 2.45) is 5.92 Å². The summed E-state index contributed by atoms with van der Waals surface area (Å²) >= 11 is 3.41. The van der Waals surface area contributed by atoms with Crippen LogP contribution in [0.2, 0.25) is 0 Å². The number of piperazine rings is 1. The van der Waals surface area contributed by atoms with Crippen LogP contribution in [0.3, 0.4) is 0 Å². The first kappa shape index (κ1) is 14.6. The first-order chi connectivity index (χ1) is 10.1. The highest BCUT2D eigenvalue weighted by atomic mass is 79.9. The third-order valence-electron chi connectivity index (χ3n) is 4.27. The van der Waals surface area contributed by atoms with Crippen molar-refractivity contribution in [2.45, 2.75) is 44.8 Å². The SMILES string of the molecule is CCC1C(=O)NC(C2CC2)C(=O)N1Cc1ccc(Br)cc1. The average Bonchev–Trinajstić information content (AvgIpc) is 3.29. The molecule has 1 aromatic rings. The van der Waals surface area contributed by atoms with Gasteiger partial charge >= 0.3 is 0 Å². The molecule has 1 aliphatic carbocycles. The second-order valence-corrected chi connectivity index (χ2v) is 6.76. The van der Waals surface area contributed by atoms with Gasteiger partial charge < -0.3 is 10.2 Å². The van der Waals surface area contributed by atoms with E-state index in [1.807, 2.05) is 31.2 Å². The molecule has 112 valence electrons. The summed E-state index contributed by atoms with van der Waals surface area (Å²) in [4.78, 5) is 26.7. The van der Waals surface area contributed by atoms with E-state index < -0.39 is 0 Å². The van der Waals surface area contributed by atoms with E-state index in [0.717, 1.165) is 22.9 Å². The van der Waals surface area contributed by atoms with Gasteiger partial charge in [0, 0.05) is 11.0 Å². The number of halogens is 1. The molecule has 0 aromatic heterocycles. The summed E-state index contributed by atoms with van der Waals surface area (Å²) in [6.07, 6.45) is 2.73. The highest BCUT2D eigenvalue weighted by Crippen LogP contribution is 2.35. The van der Waals surface area contributed by atoms with Crippen LogP contribution in [0.1, 0.15) is 31.7 Å². The minimum Gasteiger partial charge on any atom is -0.342 e. The second kappa shape index (κ2) is 5.79. The molecule has 2 fully saturated rings. The molecular weight excluding hydrogens is 332 g/mol. The molecular formula is C16H19BrN2O2. The van der Waals surface area contributed by atoms with Gasteiger partial charge in [0.25, 0.3) is 0 Å². The molecule has 1 saturated heterocycles. The minimum atomic E-state index is -0.351. The molecule has 0 bridgehead atoms. The molecule has 4 nitrogen and oxygen atoms in total. The lowest BCUT2D eigenvalue weighted by Gasteiger charge is -2.39. The van der Waals surface area contributed by atoms with Gasteiger partial charge in [-0.15, -0.1) is 0 Å². The highest BCUT2D eigenvalue weighted by Gasteiger charge is 2.46. The maximum absolute atomic E-state index is 12.7. The van der Waals surface area contributed by atoms with E-state index in [-0.39, 0.29) is 23.9 Å². The van der Waals surface area contributed by atoms with Crippen molar-refractivity contribution in [3.05, 3.63) is 34.3 Å². The van der Waals surface area contributed by atoms with E-state index in [1.165, 1.54) is 0 Å². The predicted octanol–water partition coefficient (Wildman–Crippen LogP) is 2.46. The fraction of sp³-hybridized carbons (Fsp3) is 0.500. The van der Waals surface area contributed by atoms with Gasteiger partial charge in [0.1, 0.15) is 12.1 Å². The van der Waals surface area contributed by atoms with Crippen LogP contribution in [0.15, 0.2) is 28.7 Å². The van der Waals surface area contributed by atoms with E-state index in [1.54, 1.807) is 4.90 Å². The predicted molar refractivity (Wildman–Crippen MR) is 83.4 cm³/mol. The Labute approximate surface area is 133 Å². The van der Waals surface area contributed by atoms with Gasteiger partial charge in [0.2, 0.25) is 11.8 Å². The van der Waals surface area contributed by atoms with Gasteiger partial charge in [-0.1, -0.05) is 35.0 Å². The van der Waals surface area contributed by atoms with Crippen molar-refractivity contribution < 1.29 is 9.59 Å². The van der Waals surface area contributed by atoms with Crippen molar-refractivity contribution in [2.75, 3.05) is 0 Å². The number of hydrogen-bond acceptors (Lipinski definition) is 2. The average molecular weight is 351 g/mol. The Kier molecular flexibility index (Phi) is 4.02. The zero-order valence-corrected chi connectivity index (χ0v) is 13.6. The summed E-state index contributed by atoms with van der Waals surface area (Å²) in [6.45, 7) is 2.45. The molecule has 1 N–H and O–H groups in total. The van der Waals surface area contributed by atoms with E-state index in [9.17, 15) is 9.59 Å². The highest BCUT2D eigenvalue weighted by molar-refractivity contribution is 9.10. The van der Waals surface area contributed by atoms with E-state index in [0.29, 0.717) is 18.9 Å². The Balaban J connectivity index is 1.82. The molecule has 2 amide bonds. The minimum absolute atomic E-state index is 0.00823. The molecule has 0 radical (unpaired) electrons. The molecule has 5 heteroatoms. The van der Waals surface area contributed by atoms with Crippen molar-refractivity contribution in [3.63, 3.8) is 0 Å². The number of nitrogens with zero attached hydrogens (tertiary/aromatic N) is 1. The third-order valence-corrected chi connectivity index (χ3v) is 4.80. The molecule has 0 spiro atoms. The Bertz CT molecular complexity index is 554. The van der Waals surface area contributed by atoms with Gasteiger partial charge in [-0.3, -0.25) is 9.59 Å². The first-order valence-electron chi connectivity index (χ1n) is 7.45. The van der Waals surface area contributed by atoms with Gasteiger partial charge in [-0.05, 0) is 42.9 Å². The van der Waals surface area contributed by atoms with Crippen LogP contribution in [-0.2, 0) is 16.1 Å². The van der Waals surface area contributed by atoms with Crippen molar-refractivity contribution in [1.29, 1.82) is 0 Å². The van der Waals surface area contributed by atoms with E-state index in [2.05, 4.69) is 21.2 Å². The third kappa shape index (κ3) is 2.98. The maximum atomic E-state index is 12.7. The van der Waals surface area contributed by atoms with Gasteiger partial charge in [-0.2, -0.15) is 0 Å². The standard InChI is InChI=1S/C16H19BrN2O2/c1-2-13-15(20)18-14(11-5-6-11)16(21)19(13)9-10-3-7-12(17)8-4-10/h3-4,7-8,11,13-14H,2,5-6,9H2,1H3,(H,18,20). The maximum Gasteiger partial charge on any atom is 0.246 e. The monoisotopic (exact) mass is 350 g/mol. The van der Waals surface area contributed by atoms with Crippen molar-refractivity contribution in [3.8, 4) is 0 Å². The Morgan fingerprint density at radius 3 is 2.48 bits per heavy atom. The lowest BCUT2D eigenvalue weighted by molar-refractivity contribution is -0.150. The molecule has 1 aromatic carbocycles. The molecule has 1 aliphatic heterocycles. The van der Waals surface area contributed by atoms with Crippen LogP contribution in [0.4, 0.5) is 0 Å². The lowest BCUT2D eigenvalue weighted by Crippen LogP contribution is -2.63. The summed E-state index contributed by atoms with van der Waals surface area (Å²) in [5.74, 6) is 0.407. The first-order valence-corrected chi connectivity index (χ1v) is 8.24. The topological polar surface area (TPSA) is 49.4 Å². The van der Waals surface area contributed by atoms with Crippen molar-refractivity contribution in [1.82, 2.24) is 10.2 Å². The lowest BCUT2D eigenvalue weighted by atomic mass is 10.0. The normalized spacial score (nSPS) is 25.9. The quantitative estimate of drug-likeness (QED) is 0.906. The van der Waals surface area contributed by atoms with Gasteiger partial charge in [0.15, 0.2) is 0 Å². The fourth-order valence-electron chi connectivity index (χ4n) is 2.91. The number of benzene rings is 1. The van der Waals surface area contributed by atoms with Crippen LogP contribution in [0.25, 0.3) is 0 Å². The smallest absolute Gasteiger partial charge is 0.246 e. The van der Waals surface area contributed by atoms with Crippen LogP contribution >= 0.6 is 15.9 Å². The van der Waals surface area contributed by atoms with E-state index >= 15 is 0 Å². The number of carbonyl (C=O) groups excluding carboxylic acids is 2. The Hall–Kier alpha value is -1.36. The van der Waals surface area contributed by atoms with Crippen LogP contribution in [0.5, 0.6) is 0 Å². The van der Waals surface area contributed by atoms with Gasteiger partial charge in [0.05, 0.1) is 0 Å². The summed E-state index contributed by atoms with van der Waals surface area (Å²) < 4.78 is 1.01. The van der Waals surface area contributed by atoms with Crippen molar-refractivity contribution >= 4 is 27.7 Å². The molecule has 1 saturated carbocycles. The summed E-state index contributed by atoms with van der Waals surface area (Å²) in [5.41, 5.74) is 1.05. The van der Waals surface area contributed by atoms with Gasteiger partial charge in [-0.25, -0.2) is 0 Å². The Morgan fingerprint density at radius 1 is 1.24 bits per heavy atom. The molecule has 1 heterocycles. The summed E-state index contributed by atoms with van der Waals surface area (Å²) in [7, 11) is 0. The molecule has 21 heavy (non-hydrogen) atoms. The van der Waals surface area contributed by atoms with Crippen LogP contribution in [0, 0.1) is 5.92 Å². The van der Waals surface area contributed by atoms with Crippen LogP contribution < -0.4 is 5.32 Å². The fourth-order valence-corrected chi connectivity index (χ4v) is 3.18.